The lowest BCUT2D eigenvalue weighted by Crippen LogP contribution is -2.09. The van der Waals surface area contributed by atoms with Crippen molar-refractivity contribution in [1.82, 2.24) is 0 Å². The average Bonchev–Trinajstić information content (AvgIpc) is 2.85. The van der Waals surface area contributed by atoms with Crippen LogP contribution in [0.25, 0.3) is 11.1 Å². The van der Waals surface area contributed by atoms with Crippen molar-refractivity contribution in [2.45, 2.75) is 13.0 Å². The van der Waals surface area contributed by atoms with Gasteiger partial charge in [0.2, 0.25) is 0 Å². The Labute approximate surface area is 125 Å². The van der Waals surface area contributed by atoms with E-state index in [0.717, 1.165) is 5.69 Å². The summed E-state index contributed by atoms with van der Waals surface area (Å²) >= 11 is 0. The van der Waals surface area contributed by atoms with Gasteiger partial charge in [-0.25, -0.2) is 0 Å². The Morgan fingerprint density at radius 2 is 1.19 bits per heavy atom. The zero-order valence-corrected chi connectivity index (χ0v) is 12.0. The Morgan fingerprint density at radius 3 is 1.76 bits per heavy atom. The van der Waals surface area contributed by atoms with Gasteiger partial charge in [-0.05, 0) is 41.3 Å². The van der Waals surface area contributed by atoms with Gasteiger partial charge in [-0.3, -0.25) is 0 Å². The predicted molar refractivity (Wildman–Crippen MR) is 88.5 cm³/mol. The van der Waals surface area contributed by atoms with E-state index in [9.17, 15) is 0 Å². The maximum atomic E-state index is 3.68. The summed E-state index contributed by atoms with van der Waals surface area (Å²) in [6.45, 7) is 2.12. The molecule has 3 aromatic carbocycles. The molecule has 0 unspecified atom stereocenters. The van der Waals surface area contributed by atoms with Crippen LogP contribution in [0.15, 0.2) is 72.8 Å². The highest BCUT2D eigenvalue weighted by Gasteiger charge is 2.27. The molecule has 102 valence electrons. The zero-order valence-electron chi connectivity index (χ0n) is 12.0. The third-order valence-electron chi connectivity index (χ3n) is 4.20. The molecule has 1 N–H and O–H groups in total. The second kappa shape index (κ2) is 4.78. The highest BCUT2D eigenvalue weighted by Crippen LogP contribution is 2.44. The summed E-state index contributed by atoms with van der Waals surface area (Å²) in [6.07, 6.45) is 0. The van der Waals surface area contributed by atoms with Crippen LogP contribution in [0.2, 0.25) is 0 Å². The molecule has 0 heterocycles. The minimum absolute atomic E-state index is 0.236. The van der Waals surface area contributed by atoms with Crippen LogP contribution in [0.3, 0.4) is 0 Å². The first-order valence-corrected chi connectivity index (χ1v) is 7.34. The fourth-order valence-corrected chi connectivity index (χ4v) is 3.13. The molecule has 0 bridgehead atoms. The molecule has 0 aliphatic heterocycles. The molecule has 3 aromatic rings. The second-order valence-corrected chi connectivity index (χ2v) is 5.62. The number of benzene rings is 3. The fraction of sp³-hybridized carbons (Fsp3) is 0.100. The molecule has 1 aliphatic rings. The van der Waals surface area contributed by atoms with E-state index in [1.165, 1.54) is 27.8 Å². The van der Waals surface area contributed by atoms with Crippen molar-refractivity contribution in [2.24, 2.45) is 0 Å². The first-order chi connectivity index (χ1) is 10.3. The van der Waals surface area contributed by atoms with E-state index in [1.54, 1.807) is 0 Å². The molecule has 0 aromatic heterocycles. The minimum Gasteiger partial charge on any atom is -0.374 e. The third kappa shape index (κ3) is 2.02. The van der Waals surface area contributed by atoms with Crippen LogP contribution in [-0.4, -0.2) is 0 Å². The van der Waals surface area contributed by atoms with Gasteiger partial charge in [-0.15, -0.1) is 0 Å². The molecule has 0 saturated carbocycles. The maximum Gasteiger partial charge on any atom is 0.0779 e. The number of fused-ring (bicyclic) bond motifs is 3. The van der Waals surface area contributed by atoms with Crippen LogP contribution < -0.4 is 5.32 Å². The molecular formula is C20H17N. The van der Waals surface area contributed by atoms with Crippen LogP contribution >= 0.6 is 0 Å². The zero-order chi connectivity index (χ0) is 14.2. The lowest BCUT2D eigenvalue weighted by molar-refractivity contribution is 0.973. The van der Waals surface area contributed by atoms with E-state index in [4.69, 9.17) is 0 Å². The molecule has 0 atom stereocenters. The number of rotatable bonds is 2. The third-order valence-corrected chi connectivity index (χ3v) is 4.20. The Morgan fingerprint density at radius 1 is 0.667 bits per heavy atom. The van der Waals surface area contributed by atoms with Crippen molar-refractivity contribution in [2.75, 3.05) is 5.32 Å². The van der Waals surface area contributed by atoms with Crippen LogP contribution in [0.5, 0.6) is 0 Å². The number of aryl methyl sites for hydroxylation is 1. The normalized spacial score (nSPS) is 12.8. The summed E-state index contributed by atoms with van der Waals surface area (Å²) in [5.41, 5.74) is 7.86. The molecule has 0 fully saturated rings. The minimum atomic E-state index is 0.236. The van der Waals surface area contributed by atoms with Crippen molar-refractivity contribution in [3.63, 3.8) is 0 Å². The van der Waals surface area contributed by atoms with Crippen molar-refractivity contribution < 1.29 is 0 Å². The SMILES string of the molecule is Cc1ccc(NC2c3ccccc3-c3ccccc32)cc1. The quantitative estimate of drug-likeness (QED) is 0.677. The second-order valence-electron chi connectivity index (χ2n) is 5.62. The van der Waals surface area contributed by atoms with E-state index < -0.39 is 0 Å². The van der Waals surface area contributed by atoms with Gasteiger partial charge < -0.3 is 5.32 Å². The van der Waals surface area contributed by atoms with Crippen molar-refractivity contribution in [3.8, 4) is 11.1 Å². The smallest absolute Gasteiger partial charge is 0.0779 e. The highest BCUT2D eigenvalue weighted by atomic mass is 14.9. The summed E-state index contributed by atoms with van der Waals surface area (Å²) in [7, 11) is 0. The summed E-state index contributed by atoms with van der Waals surface area (Å²) in [5.74, 6) is 0. The molecule has 1 aliphatic carbocycles. The first-order valence-electron chi connectivity index (χ1n) is 7.34. The van der Waals surface area contributed by atoms with E-state index in [-0.39, 0.29) is 6.04 Å². The standard InChI is InChI=1S/C20H17N/c1-14-10-12-15(13-11-14)21-20-18-8-4-2-6-16(18)17-7-3-5-9-19(17)20/h2-13,20-21H,1H3. The monoisotopic (exact) mass is 271 g/mol. The Bertz CT molecular complexity index is 741. The van der Waals surface area contributed by atoms with E-state index in [0.29, 0.717) is 0 Å². The first kappa shape index (κ1) is 12.2. The lowest BCUT2D eigenvalue weighted by atomic mass is 10.0. The van der Waals surface area contributed by atoms with E-state index in [2.05, 4.69) is 85.0 Å². The Kier molecular flexibility index (Phi) is 2.78. The van der Waals surface area contributed by atoms with Gasteiger partial charge in [-0.2, -0.15) is 0 Å². The molecular weight excluding hydrogens is 254 g/mol. The highest BCUT2D eigenvalue weighted by molar-refractivity contribution is 5.80. The summed E-state index contributed by atoms with van der Waals surface area (Å²) in [5, 5.41) is 3.68. The van der Waals surface area contributed by atoms with Crippen LogP contribution in [-0.2, 0) is 0 Å². The molecule has 0 saturated heterocycles. The number of nitrogens with one attached hydrogen (secondary N) is 1. The van der Waals surface area contributed by atoms with Crippen LogP contribution in [0.1, 0.15) is 22.7 Å². The van der Waals surface area contributed by atoms with Crippen molar-refractivity contribution in [3.05, 3.63) is 89.5 Å². The Hall–Kier alpha value is -2.54. The van der Waals surface area contributed by atoms with Crippen molar-refractivity contribution >= 4 is 5.69 Å². The van der Waals surface area contributed by atoms with E-state index >= 15 is 0 Å². The van der Waals surface area contributed by atoms with Gasteiger partial charge in [0.1, 0.15) is 0 Å². The van der Waals surface area contributed by atoms with Gasteiger partial charge in [0.15, 0.2) is 0 Å². The topological polar surface area (TPSA) is 12.0 Å². The van der Waals surface area contributed by atoms with Gasteiger partial charge in [0.25, 0.3) is 0 Å². The van der Waals surface area contributed by atoms with Gasteiger partial charge in [0, 0.05) is 5.69 Å². The molecule has 0 amide bonds. The maximum absolute atomic E-state index is 3.68. The number of anilines is 1. The van der Waals surface area contributed by atoms with Gasteiger partial charge in [0.05, 0.1) is 6.04 Å². The Balaban J connectivity index is 1.79. The summed E-state index contributed by atoms with van der Waals surface area (Å²) < 4.78 is 0. The van der Waals surface area contributed by atoms with Gasteiger partial charge >= 0.3 is 0 Å². The van der Waals surface area contributed by atoms with Crippen molar-refractivity contribution in [1.29, 1.82) is 0 Å². The average molecular weight is 271 g/mol. The predicted octanol–water partition coefficient (Wildman–Crippen LogP) is 5.18. The van der Waals surface area contributed by atoms with Crippen LogP contribution in [0, 0.1) is 6.92 Å². The molecule has 0 radical (unpaired) electrons. The van der Waals surface area contributed by atoms with E-state index in [1.807, 2.05) is 0 Å². The molecule has 4 rings (SSSR count). The largest absolute Gasteiger partial charge is 0.374 e. The molecule has 21 heavy (non-hydrogen) atoms. The summed E-state index contributed by atoms with van der Waals surface area (Å²) in [4.78, 5) is 0. The summed E-state index contributed by atoms with van der Waals surface area (Å²) in [6, 6.07) is 26.2. The number of hydrogen-bond acceptors (Lipinski definition) is 1. The number of hydrogen-bond donors (Lipinski definition) is 1. The van der Waals surface area contributed by atoms with Gasteiger partial charge in [-0.1, -0.05) is 66.2 Å². The molecule has 1 nitrogen and oxygen atoms in total. The fourth-order valence-electron chi connectivity index (χ4n) is 3.13. The van der Waals surface area contributed by atoms with Crippen LogP contribution in [0.4, 0.5) is 5.69 Å². The lowest BCUT2D eigenvalue weighted by Gasteiger charge is -2.17. The molecule has 1 heteroatoms. The molecule has 0 spiro atoms.